The topological polar surface area (TPSA) is 20.3 Å². The molecule has 0 spiro atoms. The second-order valence-electron chi connectivity index (χ2n) is 4.79. The lowest BCUT2D eigenvalue weighted by molar-refractivity contribution is -0.134. The molecule has 2 unspecified atom stereocenters. The molecule has 1 aliphatic heterocycles. The maximum Gasteiger partial charge on any atom is 0.238 e. The minimum atomic E-state index is -0.515. The monoisotopic (exact) mass is 215 g/mol. The smallest absolute Gasteiger partial charge is 0.238 e. The minimum absolute atomic E-state index is 0.195. The Labute approximate surface area is 92.5 Å². The normalized spacial score (nSPS) is 26.7. The number of carbonyl (C=O) groups excluding carboxylic acids is 1. The summed E-state index contributed by atoms with van der Waals surface area (Å²) in [5.74, 6) is 0.465. The Hall–Kier alpha value is -0.180. The first-order valence-electron chi connectivity index (χ1n) is 5.40. The molecule has 1 rings (SSSR count). The standard InChI is InChI=1S/C11H21NOS/c1-8(2)11(4,14)10(13)12-7-5-6-9(12)3/h8-9,14H,5-7H2,1-4H3. The van der Waals surface area contributed by atoms with Crippen molar-refractivity contribution in [2.45, 2.75) is 51.3 Å². The predicted molar refractivity (Wildman–Crippen MR) is 62.6 cm³/mol. The van der Waals surface area contributed by atoms with Gasteiger partial charge in [0.05, 0.1) is 4.75 Å². The largest absolute Gasteiger partial charge is 0.339 e. The van der Waals surface area contributed by atoms with E-state index in [2.05, 4.69) is 19.6 Å². The Kier molecular flexibility index (Phi) is 3.51. The molecule has 2 nitrogen and oxygen atoms in total. The van der Waals surface area contributed by atoms with Gasteiger partial charge in [0.2, 0.25) is 5.91 Å². The molecule has 0 N–H and O–H groups in total. The third-order valence-corrected chi connectivity index (χ3v) is 4.08. The third kappa shape index (κ3) is 2.08. The Morgan fingerprint density at radius 3 is 2.50 bits per heavy atom. The Bertz CT molecular complexity index is 225. The van der Waals surface area contributed by atoms with E-state index in [1.54, 1.807) is 0 Å². The second-order valence-corrected chi connectivity index (χ2v) is 5.72. The molecule has 0 saturated carbocycles. The zero-order chi connectivity index (χ0) is 10.9. The Morgan fingerprint density at radius 1 is 1.57 bits per heavy atom. The van der Waals surface area contributed by atoms with Crippen LogP contribution in [-0.4, -0.2) is 28.1 Å². The maximum absolute atomic E-state index is 12.2. The number of rotatable bonds is 2. The molecular formula is C11H21NOS. The van der Waals surface area contributed by atoms with E-state index in [1.807, 2.05) is 25.7 Å². The van der Waals surface area contributed by atoms with Crippen LogP contribution in [0.25, 0.3) is 0 Å². The lowest BCUT2D eigenvalue weighted by atomic mass is 9.95. The van der Waals surface area contributed by atoms with Gasteiger partial charge in [-0.1, -0.05) is 13.8 Å². The zero-order valence-electron chi connectivity index (χ0n) is 9.58. The van der Waals surface area contributed by atoms with Crippen LogP contribution in [0.1, 0.15) is 40.5 Å². The van der Waals surface area contributed by atoms with Crippen molar-refractivity contribution in [1.82, 2.24) is 4.90 Å². The summed E-state index contributed by atoms with van der Waals surface area (Å²) in [5.41, 5.74) is 0. The highest BCUT2D eigenvalue weighted by Gasteiger charge is 2.39. The Balaban J connectivity index is 2.73. The van der Waals surface area contributed by atoms with E-state index in [0.29, 0.717) is 6.04 Å². The molecule has 1 saturated heterocycles. The predicted octanol–water partition coefficient (Wildman–Crippen LogP) is 2.34. The van der Waals surface area contributed by atoms with Crippen LogP contribution in [0.15, 0.2) is 0 Å². The molecule has 1 amide bonds. The van der Waals surface area contributed by atoms with E-state index in [1.165, 1.54) is 0 Å². The van der Waals surface area contributed by atoms with E-state index in [9.17, 15) is 4.79 Å². The summed E-state index contributed by atoms with van der Waals surface area (Å²) < 4.78 is -0.515. The summed E-state index contributed by atoms with van der Waals surface area (Å²) in [6.07, 6.45) is 2.27. The molecule has 14 heavy (non-hydrogen) atoms. The van der Waals surface area contributed by atoms with Crippen molar-refractivity contribution < 1.29 is 4.79 Å². The van der Waals surface area contributed by atoms with Crippen LogP contribution in [-0.2, 0) is 4.79 Å². The summed E-state index contributed by atoms with van der Waals surface area (Å²) in [6, 6.07) is 0.396. The second kappa shape index (κ2) is 4.13. The van der Waals surface area contributed by atoms with Gasteiger partial charge < -0.3 is 4.90 Å². The first-order chi connectivity index (χ1) is 6.37. The summed E-state index contributed by atoms with van der Waals surface area (Å²) in [4.78, 5) is 14.1. The summed E-state index contributed by atoms with van der Waals surface area (Å²) in [5, 5.41) is 0. The van der Waals surface area contributed by atoms with Crippen molar-refractivity contribution in [3.63, 3.8) is 0 Å². The van der Waals surface area contributed by atoms with Crippen molar-refractivity contribution in [1.29, 1.82) is 0 Å². The zero-order valence-corrected chi connectivity index (χ0v) is 10.5. The first-order valence-corrected chi connectivity index (χ1v) is 5.85. The van der Waals surface area contributed by atoms with Gasteiger partial charge in [0.15, 0.2) is 0 Å². The van der Waals surface area contributed by atoms with Gasteiger partial charge in [-0.3, -0.25) is 4.79 Å². The van der Waals surface area contributed by atoms with E-state index >= 15 is 0 Å². The number of nitrogens with zero attached hydrogens (tertiary/aromatic N) is 1. The highest BCUT2D eigenvalue weighted by molar-refractivity contribution is 7.82. The van der Waals surface area contributed by atoms with Crippen LogP contribution >= 0.6 is 12.6 Å². The van der Waals surface area contributed by atoms with Crippen LogP contribution in [0, 0.1) is 5.92 Å². The fraction of sp³-hybridized carbons (Fsp3) is 0.909. The average molecular weight is 215 g/mol. The quantitative estimate of drug-likeness (QED) is 0.701. The van der Waals surface area contributed by atoms with Crippen molar-refractivity contribution in [3.8, 4) is 0 Å². The summed E-state index contributed by atoms with van der Waals surface area (Å²) in [6.45, 7) is 9.05. The molecule has 0 radical (unpaired) electrons. The van der Waals surface area contributed by atoms with Crippen molar-refractivity contribution in [3.05, 3.63) is 0 Å². The van der Waals surface area contributed by atoms with E-state index in [-0.39, 0.29) is 11.8 Å². The molecule has 0 aromatic carbocycles. The van der Waals surface area contributed by atoms with Crippen LogP contribution < -0.4 is 0 Å². The highest BCUT2D eigenvalue weighted by atomic mass is 32.1. The maximum atomic E-state index is 12.2. The van der Waals surface area contributed by atoms with Gasteiger partial charge in [0, 0.05) is 12.6 Å². The molecule has 1 fully saturated rings. The molecule has 0 aromatic rings. The lowest BCUT2D eigenvalue weighted by Gasteiger charge is -2.33. The SMILES string of the molecule is CC1CCCN1C(=O)C(C)(S)C(C)C. The number of hydrogen-bond donors (Lipinski definition) is 1. The highest BCUT2D eigenvalue weighted by Crippen LogP contribution is 2.30. The fourth-order valence-corrected chi connectivity index (χ4v) is 1.90. The number of carbonyl (C=O) groups is 1. The van der Waals surface area contributed by atoms with Crippen molar-refractivity contribution in [2.24, 2.45) is 5.92 Å². The number of likely N-dealkylation sites (tertiary alicyclic amines) is 1. The van der Waals surface area contributed by atoms with E-state index in [4.69, 9.17) is 0 Å². The van der Waals surface area contributed by atoms with Gasteiger partial charge in [-0.2, -0.15) is 12.6 Å². The van der Waals surface area contributed by atoms with E-state index < -0.39 is 4.75 Å². The van der Waals surface area contributed by atoms with Crippen LogP contribution in [0.4, 0.5) is 0 Å². The van der Waals surface area contributed by atoms with Gasteiger partial charge in [-0.15, -0.1) is 0 Å². The fourth-order valence-electron chi connectivity index (χ4n) is 1.77. The number of thiol groups is 1. The molecule has 82 valence electrons. The Morgan fingerprint density at radius 2 is 2.14 bits per heavy atom. The van der Waals surface area contributed by atoms with Gasteiger partial charge in [0.1, 0.15) is 0 Å². The molecule has 0 aromatic heterocycles. The van der Waals surface area contributed by atoms with Crippen LogP contribution in [0.3, 0.4) is 0 Å². The number of amides is 1. The molecular weight excluding hydrogens is 194 g/mol. The third-order valence-electron chi connectivity index (χ3n) is 3.37. The van der Waals surface area contributed by atoms with Gasteiger partial charge in [-0.25, -0.2) is 0 Å². The number of hydrogen-bond acceptors (Lipinski definition) is 2. The van der Waals surface area contributed by atoms with Gasteiger partial charge in [0.25, 0.3) is 0 Å². The van der Waals surface area contributed by atoms with E-state index in [0.717, 1.165) is 19.4 Å². The summed E-state index contributed by atoms with van der Waals surface area (Å²) >= 11 is 4.50. The van der Waals surface area contributed by atoms with Crippen molar-refractivity contribution in [2.75, 3.05) is 6.54 Å². The molecule has 3 heteroatoms. The van der Waals surface area contributed by atoms with Crippen LogP contribution in [0.2, 0.25) is 0 Å². The van der Waals surface area contributed by atoms with Gasteiger partial charge in [-0.05, 0) is 32.6 Å². The molecule has 1 heterocycles. The molecule has 2 atom stereocenters. The molecule has 0 aliphatic carbocycles. The molecule has 0 bridgehead atoms. The first kappa shape index (κ1) is 11.9. The molecule has 1 aliphatic rings. The van der Waals surface area contributed by atoms with Crippen LogP contribution in [0.5, 0.6) is 0 Å². The minimum Gasteiger partial charge on any atom is -0.339 e. The lowest BCUT2D eigenvalue weighted by Crippen LogP contribution is -2.47. The van der Waals surface area contributed by atoms with Crippen molar-refractivity contribution >= 4 is 18.5 Å². The summed E-state index contributed by atoms with van der Waals surface area (Å²) in [7, 11) is 0. The average Bonchev–Trinajstić information content (AvgIpc) is 2.49. The van der Waals surface area contributed by atoms with Gasteiger partial charge >= 0.3 is 0 Å².